The van der Waals surface area contributed by atoms with Gasteiger partial charge in [0.25, 0.3) is 0 Å². The van der Waals surface area contributed by atoms with Gasteiger partial charge >= 0.3 is 0 Å². The molecule has 0 bridgehead atoms. The van der Waals surface area contributed by atoms with Crippen molar-refractivity contribution >= 4 is 25.8 Å². The van der Waals surface area contributed by atoms with Gasteiger partial charge in [-0.1, -0.05) is 66.2 Å². The summed E-state index contributed by atoms with van der Waals surface area (Å²) in [6, 6.07) is 8.74. The zero-order chi connectivity index (χ0) is 14.0. The van der Waals surface area contributed by atoms with E-state index in [-0.39, 0.29) is 5.75 Å². The van der Waals surface area contributed by atoms with Crippen molar-refractivity contribution < 1.29 is 8.42 Å². The molecule has 1 aromatic carbocycles. The van der Waals surface area contributed by atoms with E-state index >= 15 is 0 Å². The van der Waals surface area contributed by atoms with E-state index in [0.717, 1.165) is 24.6 Å². The van der Waals surface area contributed by atoms with Gasteiger partial charge in [-0.15, -0.1) is 0 Å². The Morgan fingerprint density at radius 3 is 1.89 bits per heavy atom. The van der Waals surface area contributed by atoms with Crippen LogP contribution in [0.2, 0.25) is 0 Å². The van der Waals surface area contributed by atoms with E-state index in [9.17, 15) is 8.42 Å². The second-order valence-electron chi connectivity index (χ2n) is 4.80. The van der Waals surface area contributed by atoms with Crippen LogP contribution < -0.4 is 0 Å². The molecule has 0 unspecified atom stereocenters. The topological polar surface area (TPSA) is 34.1 Å². The summed E-state index contributed by atoms with van der Waals surface area (Å²) in [5.74, 6) is 0.276. The molecule has 0 radical (unpaired) electrons. The van der Waals surface area contributed by atoms with E-state index < -0.39 is 9.84 Å². The number of hydrogen-bond donors (Lipinski definition) is 0. The summed E-state index contributed by atoms with van der Waals surface area (Å²) in [5, 5.41) is 1.09. The number of sulfone groups is 1. The quantitative estimate of drug-likeness (QED) is 0.458. The highest BCUT2D eigenvalue weighted by atomic mass is 79.9. The standard InChI is InChI=1S/C15H23BrO2S/c16-13-9-4-2-1-3-5-10-14-19(17,18)15-11-7-6-8-12-15/h6-8,11-12H,1-5,9-10,13-14H2. The van der Waals surface area contributed by atoms with Crippen molar-refractivity contribution in [1.29, 1.82) is 0 Å². The van der Waals surface area contributed by atoms with Crippen LogP contribution in [0, 0.1) is 0 Å². The van der Waals surface area contributed by atoms with Gasteiger partial charge in [0.1, 0.15) is 0 Å². The number of halogens is 1. The Kier molecular flexibility index (Phi) is 8.38. The van der Waals surface area contributed by atoms with E-state index in [1.165, 1.54) is 25.7 Å². The molecule has 0 saturated heterocycles. The van der Waals surface area contributed by atoms with Crippen molar-refractivity contribution in [3.63, 3.8) is 0 Å². The minimum Gasteiger partial charge on any atom is -0.224 e. The molecule has 4 heteroatoms. The Morgan fingerprint density at radius 2 is 1.32 bits per heavy atom. The lowest BCUT2D eigenvalue weighted by Crippen LogP contribution is -2.06. The largest absolute Gasteiger partial charge is 0.224 e. The van der Waals surface area contributed by atoms with Crippen molar-refractivity contribution in [1.82, 2.24) is 0 Å². The fourth-order valence-corrected chi connectivity index (χ4v) is 3.80. The predicted molar refractivity (Wildman–Crippen MR) is 84.6 cm³/mol. The number of alkyl halides is 1. The van der Waals surface area contributed by atoms with E-state index in [1.807, 2.05) is 6.07 Å². The van der Waals surface area contributed by atoms with Crippen LogP contribution >= 0.6 is 15.9 Å². The molecule has 0 amide bonds. The summed E-state index contributed by atoms with van der Waals surface area (Å²) in [5.41, 5.74) is 0. The maximum atomic E-state index is 12.0. The molecule has 0 N–H and O–H groups in total. The Morgan fingerprint density at radius 1 is 0.789 bits per heavy atom. The lowest BCUT2D eigenvalue weighted by Gasteiger charge is -2.04. The molecule has 0 atom stereocenters. The third-order valence-corrected chi connectivity index (χ3v) is 5.53. The summed E-state index contributed by atoms with van der Waals surface area (Å²) in [6.45, 7) is 0. The molecule has 108 valence electrons. The number of rotatable bonds is 10. The molecule has 19 heavy (non-hydrogen) atoms. The van der Waals surface area contributed by atoms with Crippen LogP contribution in [-0.2, 0) is 9.84 Å². The zero-order valence-corrected chi connectivity index (χ0v) is 13.8. The monoisotopic (exact) mass is 346 g/mol. The first kappa shape index (κ1) is 16.7. The van der Waals surface area contributed by atoms with Crippen LogP contribution in [0.1, 0.15) is 44.9 Å². The van der Waals surface area contributed by atoms with Crippen molar-refractivity contribution in [2.75, 3.05) is 11.1 Å². The fourth-order valence-electron chi connectivity index (χ4n) is 2.02. The molecule has 0 fully saturated rings. The van der Waals surface area contributed by atoms with Crippen LogP contribution in [0.3, 0.4) is 0 Å². The molecule has 0 saturated carbocycles. The third-order valence-electron chi connectivity index (χ3n) is 3.15. The van der Waals surface area contributed by atoms with Crippen molar-refractivity contribution in [2.45, 2.75) is 49.8 Å². The van der Waals surface area contributed by atoms with Gasteiger partial charge < -0.3 is 0 Å². The Hall–Kier alpha value is -0.350. The Balaban J connectivity index is 2.15. The average molecular weight is 347 g/mol. The third kappa shape index (κ3) is 7.11. The van der Waals surface area contributed by atoms with Crippen LogP contribution in [0.15, 0.2) is 35.2 Å². The SMILES string of the molecule is O=S(=O)(CCCCCCCCCBr)c1ccccc1. The highest BCUT2D eigenvalue weighted by molar-refractivity contribution is 9.09. The highest BCUT2D eigenvalue weighted by Gasteiger charge is 2.12. The van der Waals surface area contributed by atoms with Crippen molar-refractivity contribution in [3.05, 3.63) is 30.3 Å². The predicted octanol–water partition coefficient (Wildman–Crippen LogP) is 4.59. The van der Waals surface area contributed by atoms with E-state index in [0.29, 0.717) is 4.90 Å². The molecular formula is C15H23BrO2S. The Labute approximate surface area is 125 Å². The molecule has 0 heterocycles. The van der Waals surface area contributed by atoms with Gasteiger partial charge in [-0.2, -0.15) is 0 Å². The number of hydrogen-bond acceptors (Lipinski definition) is 2. The van der Waals surface area contributed by atoms with E-state index in [2.05, 4.69) is 15.9 Å². The molecule has 1 rings (SSSR count). The minimum atomic E-state index is -3.07. The molecule has 2 nitrogen and oxygen atoms in total. The van der Waals surface area contributed by atoms with Gasteiger partial charge in [0, 0.05) is 5.33 Å². The zero-order valence-electron chi connectivity index (χ0n) is 11.4. The molecule has 1 aromatic rings. The second kappa shape index (κ2) is 9.54. The molecule has 0 aromatic heterocycles. The normalized spacial score (nSPS) is 11.6. The van der Waals surface area contributed by atoms with Gasteiger partial charge in [0.15, 0.2) is 9.84 Å². The summed E-state index contributed by atoms with van der Waals surface area (Å²) >= 11 is 3.42. The molecule has 0 aliphatic rings. The first-order chi connectivity index (χ1) is 9.17. The van der Waals surface area contributed by atoms with Gasteiger partial charge in [-0.3, -0.25) is 0 Å². The van der Waals surface area contributed by atoms with Gasteiger partial charge in [-0.25, -0.2) is 8.42 Å². The maximum Gasteiger partial charge on any atom is 0.178 e. The molecule has 0 aliphatic heterocycles. The summed E-state index contributed by atoms with van der Waals surface area (Å²) in [6.07, 6.45) is 7.92. The summed E-state index contributed by atoms with van der Waals surface area (Å²) in [7, 11) is -3.07. The van der Waals surface area contributed by atoms with E-state index in [4.69, 9.17) is 0 Å². The van der Waals surface area contributed by atoms with Crippen LogP contribution in [0.4, 0.5) is 0 Å². The molecule has 0 aliphatic carbocycles. The van der Waals surface area contributed by atoms with E-state index in [1.54, 1.807) is 24.3 Å². The van der Waals surface area contributed by atoms with Crippen LogP contribution in [0.25, 0.3) is 0 Å². The fraction of sp³-hybridized carbons (Fsp3) is 0.600. The van der Waals surface area contributed by atoms with Gasteiger partial charge in [-0.05, 0) is 25.0 Å². The smallest absolute Gasteiger partial charge is 0.178 e. The number of benzene rings is 1. The molecular weight excluding hydrogens is 324 g/mol. The number of unbranched alkanes of at least 4 members (excludes halogenated alkanes) is 6. The summed E-state index contributed by atoms with van der Waals surface area (Å²) < 4.78 is 24.0. The lowest BCUT2D eigenvalue weighted by molar-refractivity contribution is 0.579. The lowest BCUT2D eigenvalue weighted by atomic mass is 10.1. The maximum absolute atomic E-state index is 12.0. The van der Waals surface area contributed by atoms with Crippen molar-refractivity contribution in [2.24, 2.45) is 0 Å². The second-order valence-corrected chi connectivity index (χ2v) is 7.70. The minimum absolute atomic E-state index is 0.276. The van der Waals surface area contributed by atoms with Crippen LogP contribution in [0.5, 0.6) is 0 Å². The first-order valence-corrected chi connectivity index (χ1v) is 9.78. The first-order valence-electron chi connectivity index (χ1n) is 7.00. The molecule has 0 spiro atoms. The van der Waals surface area contributed by atoms with Crippen LogP contribution in [-0.4, -0.2) is 19.5 Å². The average Bonchev–Trinajstić information content (AvgIpc) is 2.43. The Bertz CT molecular complexity index is 429. The highest BCUT2D eigenvalue weighted by Crippen LogP contribution is 2.14. The van der Waals surface area contributed by atoms with Gasteiger partial charge in [0.2, 0.25) is 0 Å². The summed E-state index contributed by atoms with van der Waals surface area (Å²) in [4.78, 5) is 0.451. The van der Waals surface area contributed by atoms with Gasteiger partial charge in [0.05, 0.1) is 10.6 Å². The van der Waals surface area contributed by atoms with Crippen molar-refractivity contribution in [3.8, 4) is 0 Å².